The molecule has 0 heterocycles. The van der Waals surface area contributed by atoms with Gasteiger partial charge in [-0.25, -0.2) is 9.59 Å². The van der Waals surface area contributed by atoms with Crippen molar-refractivity contribution in [3.05, 3.63) is 65.7 Å². The Hall–Kier alpha value is -2.82. The molecule has 0 saturated heterocycles. The van der Waals surface area contributed by atoms with Gasteiger partial charge in [0.1, 0.15) is 12.4 Å². The molecule has 2 aromatic rings. The van der Waals surface area contributed by atoms with Crippen molar-refractivity contribution in [2.24, 2.45) is 0 Å². The zero-order chi connectivity index (χ0) is 15.8. The van der Waals surface area contributed by atoms with Crippen LogP contribution in [-0.2, 0) is 20.9 Å². The first-order chi connectivity index (χ1) is 10.7. The highest BCUT2D eigenvalue weighted by Gasteiger charge is 2.08. The van der Waals surface area contributed by atoms with Crippen LogP contribution in [0, 0.1) is 0 Å². The van der Waals surface area contributed by atoms with Gasteiger partial charge in [0.15, 0.2) is 6.61 Å². The number of esters is 2. The van der Waals surface area contributed by atoms with Gasteiger partial charge in [0.25, 0.3) is 0 Å². The van der Waals surface area contributed by atoms with Crippen LogP contribution >= 0.6 is 0 Å². The fourth-order valence-electron chi connectivity index (χ4n) is 1.69. The van der Waals surface area contributed by atoms with E-state index in [-0.39, 0.29) is 13.2 Å². The maximum Gasteiger partial charge on any atom is 0.343 e. The van der Waals surface area contributed by atoms with E-state index in [1.165, 1.54) is 7.11 Å². The average molecular weight is 300 g/mol. The van der Waals surface area contributed by atoms with Gasteiger partial charge in [-0.1, -0.05) is 30.3 Å². The molecule has 0 N–H and O–H groups in total. The summed E-state index contributed by atoms with van der Waals surface area (Å²) in [5.74, 6) is -0.403. The van der Waals surface area contributed by atoms with Crippen LogP contribution in [0.25, 0.3) is 0 Å². The molecule has 2 rings (SSSR count). The number of hydrogen-bond acceptors (Lipinski definition) is 5. The number of rotatable bonds is 6. The molecule has 0 aliphatic carbocycles. The average Bonchev–Trinajstić information content (AvgIpc) is 2.59. The lowest BCUT2D eigenvalue weighted by molar-refractivity contribution is -0.142. The molecule has 0 aromatic heterocycles. The SMILES string of the molecule is COC(=O)COc1ccc(C(=O)OCc2ccccc2)cc1. The standard InChI is InChI=1S/C17H16O5/c1-20-16(18)12-21-15-9-7-14(8-10-15)17(19)22-11-13-5-3-2-4-6-13/h2-10H,11-12H2,1H3. The predicted octanol–water partition coefficient (Wildman–Crippen LogP) is 2.60. The van der Waals surface area contributed by atoms with Gasteiger partial charge in [-0.15, -0.1) is 0 Å². The van der Waals surface area contributed by atoms with Gasteiger partial charge in [0.2, 0.25) is 0 Å². The molecule has 0 fully saturated rings. The van der Waals surface area contributed by atoms with Gasteiger partial charge in [0, 0.05) is 0 Å². The van der Waals surface area contributed by atoms with E-state index < -0.39 is 11.9 Å². The zero-order valence-electron chi connectivity index (χ0n) is 12.2. The highest BCUT2D eigenvalue weighted by atomic mass is 16.6. The lowest BCUT2D eigenvalue weighted by Crippen LogP contribution is -2.12. The van der Waals surface area contributed by atoms with E-state index in [9.17, 15) is 9.59 Å². The van der Waals surface area contributed by atoms with Crippen LogP contribution in [0.15, 0.2) is 54.6 Å². The zero-order valence-corrected chi connectivity index (χ0v) is 12.2. The smallest absolute Gasteiger partial charge is 0.343 e. The van der Waals surface area contributed by atoms with Crippen LogP contribution in [0.3, 0.4) is 0 Å². The minimum absolute atomic E-state index is 0.172. The number of benzene rings is 2. The predicted molar refractivity (Wildman–Crippen MR) is 79.5 cm³/mol. The number of methoxy groups -OCH3 is 1. The first kappa shape index (κ1) is 15.6. The molecule has 0 amide bonds. The summed E-state index contributed by atoms with van der Waals surface area (Å²) in [7, 11) is 1.29. The third-order valence-corrected chi connectivity index (χ3v) is 2.89. The van der Waals surface area contributed by atoms with E-state index in [0.717, 1.165) is 5.56 Å². The van der Waals surface area contributed by atoms with Gasteiger partial charge in [-0.2, -0.15) is 0 Å². The summed E-state index contributed by atoms with van der Waals surface area (Å²) in [5, 5.41) is 0. The second kappa shape index (κ2) is 7.83. The number of carbonyl (C=O) groups excluding carboxylic acids is 2. The largest absolute Gasteiger partial charge is 0.482 e. The van der Waals surface area contributed by atoms with E-state index >= 15 is 0 Å². The normalized spacial score (nSPS) is 9.86. The van der Waals surface area contributed by atoms with Crippen molar-refractivity contribution < 1.29 is 23.8 Å². The molecule has 114 valence electrons. The Kier molecular flexibility index (Phi) is 5.54. The molecule has 0 atom stereocenters. The molecule has 0 spiro atoms. The van der Waals surface area contributed by atoms with Crippen LogP contribution in [0.2, 0.25) is 0 Å². The summed E-state index contributed by atoms with van der Waals surface area (Å²) < 4.78 is 14.9. The Morgan fingerprint density at radius 3 is 2.27 bits per heavy atom. The van der Waals surface area contributed by atoms with Gasteiger partial charge in [0.05, 0.1) is 12.7 Å². The molecule has 5 heteroatoms. The van der Waals surface area contributed by atoms with Crippen molar-refractivity contribution in [3.63, 3.8) is 0 Å². The topological polar surface area (TPSA) is 61.8 Å². The molecule has 22 heavy (non-hydrogen) atoms. The van der Waals surface area contributed by atoms with Crippen LogP contribution in [0.1, 0.15) is 15.9 Å². The maximum absolute atomic E-state index is 11.9. The third kappa shape index (κ3) is 4.63. The molecule has 2 aromatic carbocycles. The summed E-state index contributed by atoms with van der Waals surface area (Å²) in [4.78, 5) is 22.9. The van der Waals surface area contributed by atoms with Crippen LogP contribution in [0.4, 0.5) is 0 Å². The Balaban J connectivity index is 1.87. The van der Waals surface area contributed by atoms with Crippen molar-refractivity contribution in [1.82, 2.24) is 0 Å². The summed E-state index contributed by atoms with van der Waals surface area (Å²) >= 11 is 0. The number of carbonyl (C=O) groups is 2. The van der Waals surface area contributed by atoms with Gasteiger partial charge < -0.3 is 14.2 Å². The van der Waals surface area contributed by atoms with Crippen molar-refractivity contribution in [3.8, 4) is 5.75 Å². The van der Waals surface area contributed by atoms with Crippen LogP contribution in [-0.4, -0.2) is 25.7 Å². The molecular formula is C17H16O5. The summed E-state index contributed by atoms with van der Waals surface area (Å²) in [6.07, 6.45) is 0. The van der Waals surface area contributed by atoms with E-state index in [2.05, 4.69) is 4.74 Å². The Bertz CT molecular complexity index is 619. The van der Waals surface area contributed by atoms with E-state index in [1.807, 2.05) is 30.3 Å². The van der Waals surface area contributed by atoms with E-state index in [0.29, 0.717) is 11.3 Å². The monoisotopic (exact) mass is 300 g/mol. The Morgan fingerprint density at radius 1 is 0.955 bits per heavy atom. The lowest BCUT2D eigenvalue weighted by atomic mass is 10.2. The molecule has 0 unspecified atom stereocenters. The molecular weight excluding hydrogens is 284 g/mol. The number of ether oxygens (including phenoxy) is 3. The van der Waals surface area contributed by atoms with Crippen LogP contribution in [0.5, 0.6) is 5.75 Å². The molecule has 0 aliphatic rings. The fraction of sp³-hybridized carbons (Fsp3) is 0.176. The highest BCUT2D eigenvalue weighted by Crippen LogP contribution is 2.13. The fourth-order valence-corrected chi connectivity index (χ4v) is 1.69. The Morgan fingerprint density at radius 2 is 1.64 bits per heavy atom. The maximum atomic E-state index is 11.9. The minimum atomic E-state index is -0.466. The van der Waals surface area contributed by atoms with Gasteiger partial charge >= 0.3 is 11.9 Å². The van der Waals surface area contributed by atoms with E-state index in [1.54, 1.807) is 24.3 Å². The molecule has 0 radical (unpaired) electrons. The van der Waals surface area contributed by atoms with E-state index in [4.69, 9.17) is 9.47 Å². The van der Waals surface area contributed by atoms with Crippen molar-refractivity contribution in [1.29, 1.82) is 0 Å². The highest BCUT2D eigenvalue weighted by molar-refractivity contribution is 5.89. The number of hydrogen-bond donors (Lipinski definition) is 0. The summed E-state index contributed by atoms with van der Waals surface area (Å²) in [6.45, 7) is 0.0502. The first-order valence-electron chi connectivity index (χ1n) is 6.70. The van der Waals surface area contributed by atoms with Crippen LogP contribution < -0.4 is 4.74 Å². The van der Waals surface area contributed by atoms with Gasteiger partial charge in [-0.05, 0) is 29.8 Å². The molecule has 0 aliphatic heterocycles. The Labute approximate surface area is 128 Å². The summed E-state index contributed by atoms with van der Waals surface area (Å²) in [6, 6.07) is 15.8. The molecule has 0 bridgehead atoms. The minimum Gasteiger partial charge on any atom is -0.482 e. The van der Waals surface area contributed by atoms with Crippen molar-refractivity contribution in [2.45, 2.75) is 6.61 Å². The van der Waals surface area contributed by atoms with Crippen molar-refractivity contribution >= 4 is 11.9 Å². The van der Waals surface area contributed by atoms with Gasteiger partial charge in [-0.3, -0.25) is 0 Å². The molecule has 0 saturated carbocycles. The first-order valence-corrected chi connectivity index (χ1v) is 6.70. The molecule has 5 nitrogen and oxygen atoms in total. The summed E-state index contributed by atoms with van der Waals surface area (Å²) in [5.41, 5.74) is 1.34. The lowest BCUT2D eigenvalue weighted by Gasteiger charge is -2.07. The van der Waals surface area contributed by atoms with Crippen molar-refractivity contribution in [2.75, 3.05) is 13.7 Å². The second-order valence-electron chi connectivity index (χ2n) is 4.45. The third-order valence-electron chi connectivity index (χ3n) is 2.89. The quantitative estimate of drug-likeness (QED) is 0.767. The second-order valence-corrected chi connectivity index (χ2v) is 4.45.